The number of amides is 1. The highest BCUT2D eigenvalue weighted by molar-refractivity contribution is 6.38. The van der Waals surface area contributed by atoms with Crippen LogP contribution in [0.2, 0.25) is 0 Å². The van der Waals surface area contributed by atoms with Crippen LogP contribution < -0.4 is 5.32 Å². The molecule has 1 aliphatic carbocycles. The molecule has 1 heterocycles. The van der Waals surface area contributed by atoms with Gasteiger partial charge < -0.3 is 10.4 Å². The van der Waals surface area contributed by atoms with Gasteiger partial charge in [-0.3, -0.25) is 4.79 Å². The molecule has 2 aliphatic rings. The summed E-state index contributed by atoms with van der Waals surface area (Å²) in [5.74, 6) is -1.92. The molecular formula is C10H8ClNO3. The van der Waals surface area contributed by atoms with Crippen molar-refractivity contribution in [1.29, 1.82) is 0 Å². The second kappa shape index (κ2) is 3.55. The maximum atomic E-state index is 11.4. The first-order chi connectivity index (χ1) is 7.11. The number of fused-ring (bicyclic) bond motifs is 1. The van der Waals surface area contributed by atoms with E-state index in [1.54, 1.807) is 12.2 Å². The molecular weight excluding hydrogens is 218 g/mol. The van der Waals surface area contributed by atoms with Gasteiger partial charge >= 0.3 is 5.97 Å². The molecule has 0 saturated carbocycles. The van der Waals surface area contributed by atoms with Crippen molar-refractivity contribution in [3.8, 4) is 0 Å². The van der Waals surface area contributed by atoms with E-state index in [9.17, 15) is 9.59 Å². The van der Waals surface area contributed by atoms with Gasteiger partial charge in [0.1, 0.15) is 5.57 Å². The third-order valence-electron chi connectivity index (χ3n) is 2.38. The van der Waals surface area contributed by atoms with Gasteiger partial charge in [0.15, 0.2) is 0 Å². The third kappa shape index (κ3) is 1.57. The van der Waals surface area contributed by atoms with E-state index in [0.717, 1.165) is 0 Å². The molecule has 0 bridgehead atoms. The summed E-state index contributed by atoms with van der Waals surface area (Å²) in [5.41, 5.74) is 0.283. The number of nitrogens with one attached hydrogen (secondary N) is 1. The summed E-state index contributed by atoms with van der Waals surface area (Å²) in [6, 6.07) is -0.196. The second-order valence-electron chi connectivity index (χ2n) is 3.31. The van der Waals surface area contributed by atoms with Crippen molar-refractivity contribution in [3.63, 3.8) is 0 Å². The molecule has 1 aliphatic heterocycles. The van der Waals surface area contributed by atoms with Crippen LogP contribution in [0.15, 0.2) is 34.4 Å². The zero-order chi connectivity index (χ0) is 11.0. The van der Waals surface area contributed by atoms with Crippen molar-refractivity contribution >= 4 is 23.5 Å². The molecule has 2 rings (SSSR count). The molecule has 1 unspecified atom stereocenters. The smallest absolute Gasteiger partial charge is 0.342 e. The summed E-state index contributed by atoms with van der Waals surface area (Å²) in [5, 5.41) is 11.5. The monoisotopic (exact) mass is 225 g/mol. The van der Waals surface area contributed by atoms with E-state index >= 15 is 0 Å². The average Bonchev–Trinajstić information content (AvgIpc) is 2.17. The Morgan fingerprint density at radius 3 is 3.00 bits per heavy atom. The summed E-state index contributed by atoms with van der Waals surface area (Å²) >= 11 is 5.88. The topological polar surface area (TPSA) is 66.4 Å². The highest BCUT2D eigenvalue weighted by Gasteiger charge is 2.33. The lowest BCUT2D eigenvalue weighted by Crippen LogP contribution is -2.43. The molecule has 0 aromatic carbocycles. The molecule has 0 fully saturated rings. The van der Waals surface area contributed by atoms with Crippen LogP contribution in [0.5, 0.6) is 0 Å². The minimum absolute atomic E-state index is 0.0422. The van der Waals surface area contributed by atoms with Gasteiger partial charge in [0.05, 0.1) is 11.1 Å². The molecule has 0 aromatic heterocycles. The van der Waals surface area contributed by atoms with Crippen molar-refractivity contribution in [3.05, 3.63) is 34.4 Å². The van der Waals surface area contributed by atoms with Gasteiger partial charge in [-0.05, 0) is 12.0 Å². The van der Waals surface area contributed by atoms with E-state index in [-0.39, 0.29) is 16.6 Å². The predicted octanol–water partition coefficient (Wildman–Crippen LogP) is 0.949. The Bertz CT molecular complexity index is 434. The zero-order valence-electron chi connectivity index (χ0n) is 7.66. The quantitative estimate of drug-likeness (QED) is 0.653. The fraction of sp³-hybridized carbons (Fsp3) is 0.200. The lowest BCUT2D eigenvalue weighted by Gasteiger charge is -2.27. The third-order valence-corrected chi connectivity index (χ3v) is 2.79. The number of rotatable bonds is 1. The van der Waals surface area contributed by atoms with E-state index < -0.39 is 11.9 Å². The molecule has 1 atom stereocenters. The number of carbonyl (C=O) groups excluding carboxylic acids is 1. The highest BCUT2D eigenvalue weighted by atomic mass is 35.5. The lowest BCUT2D eigenvalue weighted by molar-refractivity contribution is -0.135. The fourth-order valence-electron chi connectivity index (χ4n) is 1.66. The van der Waals surface area contributed by atoms with Crippen LogP contribution in [0, 0.1) is 0 Å². The van der Waals surface area contributed by atoms with E-state index in [0.29, 0.717) is 12.0 Å². The molecule has 1 amide bonds. The molecule has 5 heteroatoms. The van der Waals surface area contributed by atoms with Gasteiger partial charge in [-0.2, -0.15) is 0 Å². The van der Waals surface area contributed by atoms with Crippen LogP contribution >= 0.6 is 11.6 Å². The summed E-state index contributed by atoms with van der Waals surface area (Å²) in [7, 11) is 0. The van der Waals surface area contributed by atoms with Crippen molar-refractivity contribution in [2.24, 2.45) is 0 Å². The van der Waals surface area contributed by atoms with Crippen molar-refractivity contribution in [2.45, 2.75) is 12.5 Å². The molecule has 4 nitrogen and oxygen atoms in total. The Morgan fingerprint density at radius 2 is 2.33 bits per heavy atom. The largest absolute Gasteiger partial charge is 0.477 e. The molecule has 0 radical (unpaired) electrons. The maximum absolute atomic E-state index is 11.4. The molecule has 78 valence electrons. The number of halogens is 1. The minimum Gasteiger partial charge on any atom is -0.477 e. The zero-order valence-corrected chi connectivity index (χ0v) is 8.41. The minimum atomic E-state index is -1.30. The Hall–Kier alpha value is -1.55. The Morgan fingerprint density at radius 1 is 1.60 bits per heavy atom. The Labute approximate surface area is 90.9 Å². The van der Waals surface area contributed by atoms with Gasteiger partial charge in [0.2, 0.25) is 0 Å². The van der Waals surface area contributed by atoms with Gasteiger partial charge in [-0.15, -0.1) is 0 Å². The number of allylic oxidation sites excluding steroid dienone is 2. The van der Waals surface area contributed by atoms with Gasteiger partial charge in [-0.1, -0.05) is 29.8 Å². The normalized spacial score (nSPS) is 24.5. The fourth-order valence-corrected chi connectivity index (χ4v) is 2.02. The number of aliphatic carboxylic acids is 1. The van der Waals surface area contributed by atoms with Crippen LogP contribution in [0.1, 0.15) is 6.42 Å². The van der Waals surface area contributed by atoms with Crippen LogP contribution in [0.4, 0.5) is 0 Å². The van der Waals surface area contributed by atoms with E-state index in [4.69, 9.17) is 16.7 Å². The summed E-state index contributed by atoms with van der Waals surface area (Å²) in [6.07, 6.45) is 6.05. The number of hydrogen-bond donors (Lipinski definition) is 2. The first kappa shape index (κ1) is 9.98. The lowest BCUT2D eigenvalue weighted by atomic mass is 9.92. The number of carboxylic acids is 1. The van der Waals surface area contributed by atoms with Crippen molar-refractivity contribution < 1.29 is 14.7 Å². The summed E-state index contributed by atoms with van der Waals surface area (Å²) in [6.45, 7) is 0. The average molecular weight is 226 g/mol. The van der Waals surface area contributed by atoms with Gasteiger partial charge in [0.25, 0.3) is 5.91 Å². The maximum Gasteiger partial charge on any atom is 0.342 e. The SMILES string of the molecule is O=C(O)C1=C(Cl)C2=CC=CCC2NC1=O. The first-order valence-corrected chi connectivity index (χ1v) is 4.80. The number of carboxylic acid groups (broad SMARTS) is 1. The van der Waals surface area contributed by atoms with Crippen LogP contribution in [-0.2, 0) is 9.59 Å². The molecule has 2 N–H and O–H groups in total. The van der Waals surface area contributed by atoms with Crippen molar-refractivity contribution in [2.75, 3.05) is 0 Å². The predicted molar refractivity (Wildman–Crippen MR) is 54.3 cm³/mol. The van der Waals surface area contributed by atoms with E-state index in [1.807, 2.05) is 6.08 Å². The molecule has 0 aromatic rings. The summed E-state index contributed by atoms with van der Waals surface area (Å²) < 4.78 is 0. The second-order valence-corrected chi connectivity index (χ2v) is 3.68. The Kier molecular flexibility index (Phi) is 2.36. The standard InChI is InChI=1S/C10H8ClNO3/c11-8-5-3-1-2-4-6(5)12-9(13)7(8)10(14)15/h1-3,6H,4H2,(H,12,13)(H,14,15). The molecule has 0 spiro atoms. The number of carbonyl (C=O) groups is 2. The van der Waals surface area contributed by atoms with Crippen LogP contribution in [0.3, 0.4) is 0 Å². The van der Waals surface area contributed by atoms with Gasteiger partial charge in [0, 0.05) is 0 Å². The van der Waals surface area contributed by atoms with Crippen LogP contribution in [-0.4, -0.2) is 23.0 Å². The first-order valence-electron chi connectivity index (χ1n) is 4.42. The Balaban J connectivity index is 2.53. The molecule has 15 heavy (non-hydrogen) atoms. The highest BCUT2D eigenvalue weighted by Crippen LogP contribution is 2.30. The van der Waals surface area contributed by atoms with Crippen molar-refractivity contribution in [1.82, 2.24) is 5.32 Å². The van der Waals surface area contributed by atoms with Gasteiger partial charge in [-0.25, -0.2) is 4.79 Å². The van der Waals surface area contributed by atoms with Crippen LogP contribution in [0.25, 0.3) is 0 Å². The molecule has 0 saturated heterocycles. The number of hydrogen-bond acceptors (Lipinski definition) is 2. The summed E-state index contributed by atoms with van der Waals surface area (Å²) in [4.78, 5) is 22.2. The van der Waals surface area contributed by atoms with E-state index in [1.165, 1.54) is 0 Å². The van der Waals surface area contributed by atoms with E-state index in [2.05, 4.69) is 5.32 Å².